The van der Waals surface area contributed by atoms with Gasteiger partial charge >= 0.3 is 77.9 Å². The van der Waals surface area contributed by atoms with Gasteiger partial charge in [-0.3, -0.25) is 0 Å². The zero-order valence-corrected chi connectivity index (χ0v) is 56.2. The molecule has 0 radical (unpaired) electrons. The van der Waals surface area contributed by atoms with Crippen molar-refractivity contribution in [3.63, 3.8) is 0 Å². The van der Waals surface area contributed by atoms with Crippen molar-refractivity contribution in [3.05, 3.63) is 179 Å². The Bertz CT molecular complexity index is 1990. The maximum absolute atomic E-state index is 10.3. The fraction of sp³-hybridized carbons (Fsp3) is 0.125. The molecule has 0 amide bonds. The Kier molecular flexibility index (Phi) is 47.7. The molecule has 0 saturated carbocycles. The van der Waals surface area contributed by atoms with E-state index in [0.29, 0.717) is 0 Å². The maximum atomic E-state index is 10.3. The molecule has 356 valence electrons. The number of hydrogen-bond donors (Lipinski definition) is 0. The van der Waals surface area contributed by atoms with Gasteiger partial charge in [0, 0.05) is 29.4 Å². The second-order valence-electron chi connectivity index (χ2n) is 12.1. The van der Waals surface area contributed by atoms with Crippen LogP contribution in [0.4, 0.5) is 0 Å². The molecule has 13 nitrogen and oxygen atoms in total. The van der Waals surface area contributed by atoms with Gasteiger partial charge in [0.15, 0.2) is 0 Å². The molecule has 0 aliphatic heterocycles. The molecular weight excluding hydrogens is 1240 g/mol. The number of aromatic carboxylic acids is 6. The van der Waals surface area contributed by atoms with E-state index in [1.807, 2.05) is 37.5 Å². The first kappa shape index (κ1) is 76.6. The summed E-state index contributed by atoms with van der Waals surface area (Å²) in [6.45, 7) is 0. The van der Waals surface area contributed by atoms with Gasteiger partial charge in [-0.25, -0.2) is 0 Å². The van der Waals surface area contributed by atoms with Crippen molar-refractivity contribution in [2.45, 2.75) is 29.4 Å². The van der Waals surface area contributed by atoms with Crippen LogP contribution in [-0.4, -0.2) is 73.4 Å². The molecule has 0 N–H and O–H groups in total. The van der Waals surface area contributed by atoms with E-state index in [1.165, 1.54) is 0 Å². The van der Waals surface area contributed by atoms with Crippen molar-refractivity contribution in [3.8, 4) is 0 Å². The molecule has 6 rings (SSSR count). The van der Waals surface area contributed by atoms with Gasteiger partial charge in [-0.15, -0.1) is 70.6 Å². The van der Waals surface area contributed by atoms with Crippen molar-refractivity contribution in [2.24, 2.45) is 0 Å². The van der Waals surface area contributed by atoms with Crippen LogP contribution in [0.3, 0.4) is 0 Å². The van der Waals surface area contributed by atoms with Gasteiger partial charge in [-0.05, 0) is 144 Å². The van der Waals surface area contributed by atoms with Gasteiger partial charge < -0.3 is 64.9 Å². The quantitative estimate of drug-likeness (QED) is 0.120. The van der Waals surface area contributed by atoms with Crippen LogP contribution in [0, 0.1) is 0 Å². The van der Waals surface area contributed by atoms with Crippen molar-refractivity contribution in [1.29, 1.82) is 0 Å². The Balaban J connectivity index is -0.000000242. The molecule has 0 fully saturated rings. The maximum Gasteiger partial charge on any atom is 2.00 e. The summed E-state index contributed by atoms with van der Waals surface area (Å²) >= 11 is 9.46. The number of thioether (sulfide) groups is 6. The van der Waals surface area contributed by atoms with Crippen LogP contribution >= 0.6 is 70.6 Å². The topological polar surface area (TPSA) is 269 Å². The first-order valence-corrected chi connectivity index (χ1v) is 25.9. The SMILES string of the molecule is CSc1ccc(C(=O)[O-])cc1.CSc1ccc(C(=O)[O-])cc1.CSc1ccc(C(=O)[O-])cc1.CSc1ccc(C(=O)[O-])cc1.CSc1ccc(C(=O)[O-])cc1.CSc1ccc(C(=O)[O-])cc1.[O-2].[Zn+2].[Zn+2].[Zn+2].[Zn+2]. The average molecular weight is 1280 g/mol. The molecule has 71 heavy (non-hydrogen) atoms. The largest absolute Gasteiger partial charge is 2.00 e. The number of carbonyl (C=O) groups excluding carboxylic acids is 6. The summed E-state index contributed by atoms with van der Waals surface area (Å²) < 4.78 is 0. The Morgan fingerprint density at radius 2 is 0.324 bits per heavy atom. The second-order valence-corrected chi connectivity index (χ2v) is 17.4. The van der Waals surface area contributed by atoms with Gasteiger partial charge in [0.1, 0.15) is 0 Å². The monoisotopic (exact) mass is 1270 g/mol. The van der Waals surface area contributed by atoms with Gasteiger partial charge in [0.2, 0.25) is 0 Å². The Labute approximate surface area is 490 Å². The Hall–Kier alpha value is -3.31. The molecule has 0 bridgehead atoms. The summed E-state index contributed by atoms with van der Waals surface area (Å²) in [5, 5.41) is 61.7. The van der Waals surface area contributed by atoms with Crippen LogP contribution in [0.2, 0.25) is 0 Å². The van der Waals surface area contributed by atoms with Crippen LogP contribution in [0.15, 0.2) is 175 Å². The average Bonchev–Trinajstić information content (AvgIpc) is 3.35. The number of rotatable bonds is 12. The molecule has 6 aromatic rings. The predicted octanol–water partition coefficient (Wildman–Crippen LogP) is 4.50. The second kappa shape index (κ2) is 44.2. The third kappa shape index (κ3) is 32.5. The number of carbonyl (C=O) groups is 6. The van der Waals surface area contributed by atoms with Crippen LogP contribution in [0.25, 0.3) is 0 Å². The molecule has 0 aliphatic carbocycles. The molecular formula is C48H42O13S6Zn4. The molecule has 23 heteroatoms. The van der Waals surface area contributed by atoms with E-state index in [1.54, 1.807) is 216 Å². The molecule has 0 aromatic heterocycles. The smallest absolute Gasteiger partial charge is 2.00 e. The number of benzene rings is 6. The Morgan fingerprint density at radius 3 is 0.380 bits per heavy atom. The summed E-state index contributed by atoms with van der Waals surface area (Å²) in [5.41, 5.74) is 1.35. The van der Waals surface area contributed by atoms with Gasteiger partial charge in [0.05, 0.1) is 35.8 Å². The van der Waals surface area contributed by atoms with E-state index in [0.717, 1.165) is 29.4 Å². The van der Waals surface area contributed by atoms with E-state index >= 15 is 0 Å². The molecule has 6 aromatic carbocycles. The van der Waals surface area contributed by atoms with Crippen LogP contribution in [0.1, 0.15) is 62.1 Å². The summed E-state index contributed by atoms with van der Waals surface area (Å²) in [6.07, 6.45) is 11.6. The fourth-order valence-electron chi connectivity index (χ4n) is 4.36. The summed E-state index contributed by atoms with van der Waals surface area (Å²) in [7, 11) is 0. The van der Waals surface area contributed by atoms with Gasteiger partial charge in [-0.1, -0.05) is 72.8 Å². The normalized spacial score (nSPS) is 8.87. The van der Waals surface area contributed by atoms with Crippen LogP contribution in [0.5, 0.6) is 0 Å². The molecule has 0 aliphatic rings. The summed E-state index contributed by atoms with van der Waals surface area (Å²) in [5.74, 6) is -6.76. The molecule has 0 atom stereocenters. The number of carboxylic acids is 6. The van der Waals surface area contributed by atoms with Crippen molar-refractivity contribution in [1.82, 2.24) is 0 Å². The third-order valence-electron chi connectivity index (χ3n) is 7.95. The molecule has 0 unspecified atom stereocenters. The van der Waals surface area contributed by atoms with Crippen LogP contribution in [-0.2, 0) is 83.4 Å². The minimum Gasteiger partial charge on any atom is -2.00 e. The summed E-state index contributed by atoms with van der Waals surface area (Å²) in [4.78, 5) is 68.0. The first-order chi connectivity index (χ1) is 31.4. The number of carboxylic acid groups (broad SMARTS) is 6. The number of hydrogen-bond acceptors (Lipinski definition) is 18. The van der Waals surface area contributed by atoms with Crippen LogP contribution < -0.4 is 30.6 Å². The van der Waals surface area contributed by atoms with E-state index in [-0.39, 0.29) is 117 Å². The van der Waals surface area contributed by atoms with E-state index < -0.39 is 35.8 Å². The van der Waals surface area contributed by atoms with Crippen molar-refractivity contribution >= 4 is 106 Å². The minimum absolute atomic E-state index is 0. The molecule has 0 saturated heterocycles. The van der Waals surface area contributed by atoms with Crippen molar-refractivity contribution < 1.29 is 143 Å². The molecule has 0 spiro atoms. The molecule has 0 heterocycles. The van der Waals surface area contributed by atoms with Crippen molar-refractivity contribution in [2.75, 3.05) is 37.5 Å². The van der Waals surface area contributed by atoms with E-state index in [9.17, 15) is 59.4 Å². The Morgan fingerprint density at radius 1 is 0.239 bits per heavy atom. The zero-order valence-electron chi connectivity index (χ0n) is 39.4. The standard InChI is InChI=1S/6C8H8O2S.O.4Zn/c6*1-11-7-4-2-6(3-5-7)8(9)10;;;;;/h6*2-5H,1H3,(H,9,10);;;;;/q;;;;;;-2;4*+2/p-6. The van der Waals surface area contributed by atoms with E-state index in [2.05, 4.69) is 0 Å². The zero-order chi connectivity index (χ0) is 49.6. The fourth-order valence-corrected chi connectivity index (χ4v) is 6.81. The van der Waals surface area contributed by atoms with Gasteiger partial charge in [-0.2, -0.15) is 0 Å². The van der Waals surface area contributed by atoms with E-state index in [4.69, 9.17) is 0 Å². The van der Waals surface area contributed by atoms with Gasteiger partial charge in [0.25, 0.3) is 0 Å². The first-order valence-electron chi connectivity index (χ1n) is 18.6. The third-order valence-corrected chi connectivity index (χ3v) is 12.4. The minimum atomic E-state index is -1.13. The predicted molar refractivity (Wildman–Crippen MR) is 256 cm³/mol. The summed E-state index contributed by atoms with van der Waals surface area (Å²) in [6, 6.07) is 39.6.